The van der Waals surface area contributed by atoms with Crippen LogP contribution in [0, 0.1) is 5.82 Å². The van der Waals surface area contributed by atoms with Crippen LogP contribution < -0.4 is 10.5 Å². The van der Waals surface area contributed by atoms with E-state index in [1.54, 1.807) is 0 Å². The standard InChI is InChI=1S/C9H13FN2O3S/c1-6(13)5-12-16(14,15)9-3-7(10)2-8(11)4-9/h2-4,6,12-13H,5,11H2,1H3. The largest absolute Gasteiger partial charge is 0.399 e. The normalized spacial score (nSPS) is 13.7. The zero-order chi connectivity index (χ0) is 12.3. The lowest BCUT2D eigenvalue weighted by Crippen LogP contribution is -2.30. The average molecular weight is 248 g/mol. The van der Waals surface area contributed by atoms with E-state index in [4.69, 9.17) is 10.8 Å². The zero-order valence-corrected chi connectivity index (χ0v) is 9.46. The Morgan fingerprint density at radius 2 is 2.12 bits per heavy atom. The van der Waals surface area contributed by atoms with Crippen LogP contribution in [-0.4, -0.2) is 26.2 Å². The third kappa shape index (κ3) is 3.44. The summed E-state index contributed by atoms with van der Waals surface area (Å²) in [5.74, 6) is -0.725. The van der Waals surface area contributed by atoms with Gasteiger partial charge in [-0.1, -0.05) is 0 Å². The Bertz CT molecular complexity index is 453. The quantitative estimate of drug-likeness (QED) is 0.657. The van der Waals surface area contributed by atoms with Crippen molar-refractivity contribution < 1.29 is 17.9 Å². The number of nitrogens with one attached hydrogen (secondary N) is 1. The van der Waals surface area contributed by atoms with Gasteiger partial charge in [-0.2, -0.15) is 0 Å². The van der Waals surface area contributed by atoms with E-state index in [9.17, 15) is 12.8 Å². The van der Waals surface area contributed by atoms with Gasteiger partial charge < -0.3 is 10.8 Å². The molecular formula is C9H13FN2O3S. The minimum absolute atomic E-state index is 0.0254. The van der Waals surface area contributed by atoms with Gasteiger partial charge in [-0.3, -0.25) is 0 Å². The molecule has 1 rings (SSSR count). The molecule has 1 aromatic carbocycles. The maximum absolute atomic E-state index is 12.9. The van der Waals surface area contributed by atoms with E-state index in [0.29, 0.717) is 0 Å². The van der Waals surface area contributed by atoms with Gasteiger partial charge in [0.2, 0.25) is 10.0 Å². The molecule has 16 heavy (non-hydrogen) atoms. The number of rotatable bonds is 4. The highest BCUT2D eigenvalue weighted by atomic mass is 32.2. The monoisotopic (exact) mass is 248 g/mol. The topological polar surface area (TPSA) is 92.4 Å². The van der Waals surface area contributed by atoms with E-state index in [-0.39, 0.29) is 17.1 Å². The van der Waals surface area contributed by atoms with Gasteiger partial charge in [-0.15, -0.1) is 0 Å². The van der Waals surface area contributed by atoms with Gasteiger partial charge in [0.05, 0.1) is 11.0 Å². The molecule has 0 aliphatic heterocycles. The first-order chi connectivity index (χ1) is 7.31. The number of hydrogen-bond donors (Lipinski definition) is 3. The Morgan fingerprint density at radius 1 is 1.50 bits per heavy atom. The molecule has 0 aliphatic carbocycles. The van der Waals surface area contributed by atoms with Crippen LogP contribution in [0.5, 0.6) is 0 Å². The molecule has 0 heterocycles. The second-order valence-corrected chi connectivity index (χ2v) is 5.19. The molecule has 0 aromatic heterocycles. The highest BCUT2D eigenvalue weighted by Gasteiger charge is 2.15. The number of benzene rings is 1. The summed E-state index contributed by atoms with van der Waals surface area (Å²) in [4.78, 5) is -0.259. The average Bonchev–Trinajstić information content (AvgIpc) is 2.13. The summed E-state index contributed by atoms with van der Waals surface area (Å²) < 4.78 is 38.3. The van der Waals surface area contributed by atoms with Crippen molar-refractivity contribution in [1.82, 2.24) is 4.72 Å². The number of halogens is 1. The minimum Gasteiger partial charge on any atom is -0.399 e. The van der Waals surface area contributed by atoms with Gasteiger partial charge in [-0.25, -0.2) is 17.5 Å². The Kier molecular flexibility index (Phi) is 3.84. The summed E-state index contributed by atoms with van der Waals surface area (Å²) in [6.45, 7) is 1.29. The molecule has 1 unspecified atom stereocenters. The number of anilines is 1. The molecule has 0 spiro atoms. The van der Waals surface area contributed by atoms with Crippen molar-refractivity contribution in [2.75, 3.05) is 12.3 Å². The van der Waals surface area contributed by atoms with Gasteiger partial charge in [0, 0.05) is 12.2 Å². The van der Waals surface area contributed by atoms with Gasteiger partial charge >= 0.3 is 0 Å². The number of aliphatic hydroxyl groups excluding tert-OH is 1. The van der Waals surface area contributed by atoms with Crippen molar-refractivity contribution in [2.45, 2.75) is 17.9 Å². The molecule has 0 fully saturated rings. The Balaban J connectivity index is 2.98. The third-order valence-electron chi connectivity index (χ3n) is 1.77. The van der Waals surface area contributed by atoms with Gasteiger partial charge in [0.25, 0.3) is 0 Å². The van der Waals surface area contributed by atoms with Crippen LogP contribution in [0.4, 0.5) is 10.1 Å². The fraction of sp³-hybridized carbons (Fsp3) is 0.333. The molecule has 1 atom stereocenters. The van der Waals surface area contributed by atoms with E-state index in [1.165, 1.54) is 6.92 Å². The van der Waals surface area contributed by atoms with Gasteiger partial charge in [0.15, 0.2) is 0 Å². The molecule has 0 amide bonds. The summed E-state index contributed by atoms with van der Waals surface area (Å²) in [6.07, 6.45) is -0.819. The first-order valence-electron chi connectivity index (χ1n) is 4.55. The van der Waals surface area contributed by atoms with E-state index < -0.39 is 21.9 Å². The summed E-state index contributed by atoms with van der Waals surface area (Å²) in [5.41, 5.74) is 5.36. The molecule has 90 valence electrons. The Labute approximate surface area is 93.1 Å². The lowest BCUT2D eigenvalue weighted by atomic mass is 10.3. The van der Waals surface area contributed by atoms with E-state index in [0.717, 1.165) is 18.2 Å². The fourth-order valence-electron chi connectivity index (χ4n) is 1.05. The zero-order valence-electron chi connectivity index (χ0n) is 8.64. The molecule has 0 radical (unpaired) electrons. The summed E-state index contributed by atoms with van der Waals surface area (Å²) in [6, 6.07) is 3.03. The first kappa shape index (κ1) is 12.9. The number of aliphatic hydroxyl groups is 1. The smallest absolute Gasteiger partial charge is 0.240 e. The highest BCUT2D eigenvalue weighted by molar-refractivity contribution is 7.89. The predicted molar refractivity (Wildman–Crippen MR) is 57.7 cm³/mol. The molecule has 4 N–H and O–H groups in total. The van der Waals surface area contributed by atoms with E-state index >= 15 is 0 Å². The lowest BCUT2D eigenvalue weighted by Gasteiger charge is -2.08. The van der Waals surface area contributed by atoms with Crippen LogP contribution in [0.2, 0.25) is 0 Å². The van der Waals surface area contributed by atoms with Crippen LogP contribution in [0.25, 0.3) is 0 Å². The summed E-state index contributed by atoms with van der Waals surface area (Å²) >= 11 is 0. The van der Waals surface area contributed by atoms with Crippen molar-refractivity contribution in [3.05, 3.63) is 24.0 Å². The minimum atomic E-state index is -3.83. The van der Waals surface area contributed by atoms with Crippen LogP contribution in [0.15, 0.2) is 23.1 Å². The van der Waals surface area contributed by atoms with Crippen molar-refractivity contribution in [3.63, 3.8) is 0 Å². The second kappa shape index (κ2) is 4.77. The molecule has 1 aromatic rings. The number of hydrogen-bond acceptors (Lipinski definition) is 4. The third-order valence-corrected chi connectivity index (χ3v) is 3.18. The Hall–Kier alpha value is -1.18. The van der Waals surface area contributed by atoms with Gasteiger partial charge in [0.1, 0.15) is 5.82 Å². The molecule has 0 saturated carbocycles. The fourth-order valence-corrected chi connectivity index (χ4v) is 2.24. The van der Waals surface area contributed by atoms with Crippen molar-refractivity contribution in [3.8, 4) is 0 Å². The summed E-state index contributed by atoms with van der Waals surface area (Å²) in [7, 11) is -3.83. The van der Waals surface area contributed by atoms with E-state index in [2.05, 4.69) is 4.72 Å². The van der Waals surface area contributed by atoms with E-state index in [1.807, 2.05) is 0 Å². The molecule has 7 heteroatoms. The SMILES string of the molecule is CC(O)CNS(=O)(=O)c1cc(N)cc(F)c1. The number of sulfonamides is 1. The van der Waals surface area contributed by atoms with Crippen LogP contribution in [0.3, 0.4) is 0 Å². The number of nitrogens with two attached hydrogens (primary N) is 1. The highest BCUT2D eigenvalue weighted by Crippen LogP contribution is 2.15. The van der Waals surface area contributed by atoms with Crippen molar-refractivity contribution in [2.24, 2.45) is 0 Å². The maximum Gasteiger partial charge on any atom is 0.240 e. The molecule has 0 saturated heterocycles. The molecule has 0 aliphatic rings. The number of nitrogen functional groups attached to an aromatic ring is 1. The molecule has 0 bridgehead atoms. The van der Waals surface area contributed by atoms with Gasteiger partial charge in [-0.05, 0) is 25.1 Å². The molecular weight excluding hydrogens is 235 g/mol. The maximum atomic E-state index is 12.9. The van der Waals surface area contributed by atoms with Crippen LogP contribution in [0.1, 0.15) is 6.92 Å². The lowest BCUT2D eigenvalue weighted by molar-refractivity contribution is 0.198. The first-order valence-corrected chi connectivity index (χ1v) is 6.03. The van der Waals surface area contributed by atoms with Crippen molar-refractivity contribution >= 4 is 15.7 Å². The molecule has 5 nitrogen and oxygen atoms in total. The van der Waals surface area contributed by atoms with Crippen LogP contribution >= 0.6 is 0 Å². The summed E-state index contributed by atoms with van der Waals surface area (Å²) in [5, 5.41) is 8.95. The Morgan fingerprint density at radius 3 is 2.62 bits per heavy atom. The second-order valence-electron chi connectivity index (χ2n) is 3.42. The van der Waals surface area contributed by atoms with Crippen molar-refractivity contribution in [1.29, 1.82) is 0 Å². The predicted octanol–water partition coefficient (Wildman–Crippen LogP) is 0.0670. The van der Waals surface area contributed by atoms with Crippen LogP contribution in [-0.2, 0) is 10.0 Å².